The summed E-state index contributed by atoms with van der Waals surface area (Å²) in [6.07, 6.45) is 1.83. The number of piperidine rings is 1. The zero-order chi connectivity index (χ0) is 17.1. The monoisotopic (exact) mass is 366 g/mol. The summed E-state index contributed by atoms with van der Waals surface area (Å²) >= 11 is 2.62. The molecular formula is C14H18N6O2S2. The molecule has 0 aromatic carbocycles. The van der Waals surface area contributed by atoms with E-state index >= 15 is 0 Å². The van der Waals surface area contributed by atoms with Crippen LogP contribution in [0.2, 0.25) is 0 Å². The molecule has 3 N–H and O–H groups in total. The largest absolute Gasteiger partial charge is 0.374 e. The van der Waals surface area contributed by atoms with Gasteiger partial charge in [-0.1, -0.05) is 23.1 Å². The van der Waals surface area contributed by atoms with Crippen molar-refractivity contribution in [3.8, 4) is 0 Å². The summed E-state index contributed by atoms with van der Waals surface area (Å²) in [5.41, 5.74) is 6.15. The first-order chi connectivity index (χ1) is 11.5. The summed E-state index contributed by atoms with van der Waals surface area (Å²) in [6.45, 7) is 3.09. The maximum absolute atomic E-state index is 12.4. The Hall–Kier alpha value is -1.94. The molecule has 1 aliphatic heterocycles. The van der Waals surface area contributed by atoms with Crippen molar-refractivity contribution < 1.29 is 4.79 Å². The van der Waals surface area contributed by atoms with Crippen LogP contribution in [0.25, 0.3) is 0 Å². The fourth-order valence-corrected chi connectivity index (χ4v) is 4.29. The van der Waals surface area contributed by atoms with Crippen LogP contribution in [0.1, 0.15) is 30.3 Å². The van der Waals surface area contributed by atoms with E-state index in [0.717, 1.165) is 25.1 Å². The van der Waals surface area contributed by atoms with Gasteiger partial charge in [-0.2, -0.15) is 0 Å². The van der Waals surface area contributed by atoms with Gasteiger partial charge in [-0.3, -0.25) is 9.59 Å². The molecule has 10 heteroatoms. The Kier molecular flexibility index (Phi) is 5.14. The number of H-pyrrole nitrogens is 1. The van der Waals surface area contributed by atoms with Gasteiger partial charge in [0.2, 0.25) is 11.0 Å². The van der Waals surface area contributed by atoms with Crippen molar-refractivity contribution in [3.05, 3.63) is 27.9 Å². The Morgan fingerprint density at radius 1 is 1.54 bits per heavy atom. The average Bonchev–Trinajstić information content (AvgIpc) is 2.97. The van der Waals surface area contributed by atoms with Crippen LogP contribution in [0.4, 0.5) is 5.13 Å². The second-order valence-corrected chi connectivity index (χ2v) is 7.86. The van der Waals surface area contributed by atoms with Crippen molar-refractivity contribution in [2.75, 3.05) is 24.6 Å². The minimum absolute atomic E-state index is 0.0556. The van der Waals surface area contributed by atoms with Gasteiger partial charge in [-0.25, -0.2) is 4.98 Å². The van der Waals surface area contributed by atoms with Crippen LogP contribution in [0.3, 0.4) is 0 Å². The number of anilines is 1. The van der Waals surface area contributed by atoms with Crippen molar-refractivity contribution in [2.24, 2.45) is 0 Å². The van der Waals surface area contributed by atoms with Crippen molar-refractivity contribution in [2.45, 2.75) is 30.0 Å². The maximum atomic E-state index is 12.4. The van der Waals surface area contributed by atoms with Gasteiger partial charge in [-0.15, -0.1) is 10.2 Å². The molecular weight excluding hydrogens is 348 g/mol. The molecule has 1 fully saturated rings. The smallest absolute Gasteiger partial charge is 0.251 e. The van der Waals surface area contributed by atoms with Crippen LogP contribution in [0, 0.1) is 6.92 Å². The Bertz CT molecular complexity index is 790. The lowest BCUT2D eigenvalue weighted by molar-refractivity contribution is -0.129. The normalized spacial score (nSPS) is 17.9. The first-order valence-electron chi connectivity index (χ1n) is 7.58. The molecule has 0 saturated carbocycles. The summed E-state index contributed by atoms with van der Waals surface area (Å²) in [4.78, 5) is 33.0. The predicted octanol–water partition coefficient (Wildman–Crippen LogP) is 1.01. The van der Waals surface area contributed by atoms with Crippen LogP contribution >= 0.6 is 23.1 Å². The SMILES string of the molecule is Cc1nc([C@@H]2CCCN(C(=O)CSc3nnc(N)s3)C2)cc(=O)[nH]1. The molecule has 24 heavy (non-hydrogen) atoms. The van der Waals surface area contributed by atoms with Crippen LogP contribution in [0.15, 0.2) is 15.2 Å². The Morgan fingerprint density at radius 2 is 2.38 bits per heavy atom. The second kappa shape index (κ2) is 7.31. The highest BCUT2D eigenvalue weighted by Gasteiger charge is 2.26. The molecule has 3 heterocycles. The van der Waals surface area contributed by atoms with Crippen molar-refractivity contribution >= 4 is 34.1 Å². The highest BCUT2D eigenvalue weighted by atomic mass is 32.2. The number of carbonyl (C=O) groups excluding carboxylic acids is 1. The number of nitrogen functional groups attached to an aromatic ring is 1. The lowest BCUT2D eigenvalue weighted by Gasteiger charge is -2.32. The van der Waals surface area contributed by atoms with E-state index in [0.29, 0.717) is 27.6 Å². The second-order valence-electron chi connectivity index (χ2n) is 5.63. The summed E-state index contributed by atoms with van der Waals surface area (Å²) in [5.74, 6) is 1.07. The topological polar surface area (TPSA) is 118 Å². The number of aryl methyl sites for hydroxylation is 1. The zero-order valence-electron chi connectivity index (χ0n) is 13.2. The molecule has 0 bridgehead atoms. The van der Waals surface area contributed by atoms with E-state index in [9.17, 15) is 9.59 Å². The molecule has 8 nitrogen and oxygen atoms in total. The molecule has 1 amide bonds. The zero-order valence-corrected chi connectivity index (χ0v) is 14.8. The molecule has 3 rings (SSSR count). The molecule has 128 valence electrons. The molecule has 1 atom stereocenters. The van der Waals surface area contributed by atoms with Gasteiger partial charge >= 0.3 is 0 Å². The Balaban J connectivity index is 1.62. The standard InChI is InChI=1S/C14H18N6O2S2/c1-8-16-10(5-11(21)17-8)9-3-2-4-20(6-9)12(22)7-23-14-19-18-13(15)24-14/h5,9H,2-4,6-7H2,1H3,(H2,15,18)(H,16,17,21)/t9-/m1/s1. The van der Waals surface area contributed by atoms with Crippen LogP contribution in [0.5, 0.6) is 0 Å². The molecule has 0 unspecified atom stereocenters. The van der Waals surface area contributed by atoms with Gasteiger partial charge < -0.3 is 15.6 Å². The summed E-state index contributed by atoms with van der Waals surface area (Å²) < 4.78 is 0.696. The number of aromatic amines is 1. The third-order valence-electron chi connectivity index (χ3n) is 3.81. The average molecular weight is 366 g/mol. The molecule has 2 aromatic rings. The van der Waals surface area contributed by atoms with E-state index in [4.69, 9.17) is 5.73 Å². The lowest BCUT2D eigenvalue weighted by Crippen LogP contribution is -2.40. The maximum Gasteiger partial charge on any atom is 0.251 e. The quantitative estimate of drug-likeness (QED) is 0.775. The van der Waals surface area contributed by atoms with E-state index in [2.05, 4.69) is 20.2 Å². The van der Waals surface area contributed by atoms with Crippen molar-refractivity contribution in [1.29, 1.82) is 0 Å². The number of aromatic nitrogens is 4. The number of hydrogen-bond donors (Lipinski definition) is 2. The third-order valence-corrected chi connectivity index (χ3v) is 5.68. The fraction of sp³-hybridized carbons (Fsp3) is 0.500. The lowest BCUT2D eigenvalue weighted by atomic mass is 9.94. The van der Waals surface area contributed by atoms with Crippen LogP contribution in [-0.4, -0.2) is 49.8 Å². The number of nitrogens with two attached hydrogens (primary N) is 1. The van der Waals surface area contributed by atoms with Gasteiger partial charge in [0, 0.05) is 25.1 Å². The summed E-state index contributed by atoms with van der Waals surface area (Å²) in [7, 11) is 0. The minimum Gasteiger partial charge on any atom is -0.374 e. The van der Waals surface area contributed by atoms with E-state index in [1.807, 2.05) is 4.90 Å². The van der Waals surface area contributed by atoms with Gasteiger partial charge in [0.1, 0.15) is 5.82 Å². The fourth-order valence-electron chi connectivity index (χ4n) is 2.75. The third kappa shape index (κ3) is 4.12. The Morgan fingerprint density at radius 3 is 3.08 bits per heavy atom. The number of nitrogens with zero attached hydrogens (tertiary/aromatic N) is 4. The molecule has 1 aliphatic rings. The van der Waals surface area contributed by atoms with Gasteiger partial charge in [0.25, 0.3) is 5.56 Å². The molecule has 0 aliphatic carbocycles. The number of thioether (sulfide) groups is 1. The number of likely N-dealkylation sites (tertiary alicyclic amines) is 1. The van der Waals surface area contributed by atoms with Gasteiger partial charge in [-0.05, 0) is 19.8 Å². The van der Waals surface area contributed by atoms with E-state index in [-0.39, 0.29) is 17.4 Å². The van der Waals surface area contributed by atoms with Gasteiger partial charge in [0.05, 0.1) is 11.4 Å². The van der Waals surface area contributed by atoms with E-state index in [1.54, 1.807) is 6.92 Å². The number of carbonyl (C=O) groups is 1. The number of hydrogen-bond acceptors (Lipinski definition) is 8. The molecule has 2 aromatic heterocycles. The van der Waals surface area contributed by atoms with E-state index < -0.39 is 0 Å². The Labute approximate surface area is 146 Å². The summed E-state index contributed by atoms with van der Waals surface area (Å²) in [5, 5.41) is 8.04. The number of amides is 1. The van der Waals surface area contributed by atoms with Crippen LogP contribution < -0.4 is 11.3 Å². The van der Waals surface area contributed by atoms with Crippen molar-refractivity contribution in [1.82, 2.24) is 25.1 Å². The van der Waals surface area contributed by atoms with Gasteiger partial charge in [0.15, 0.2) is 4.34 Å². The summed E-state index contributed by atoms with van der Waals surface area (Å²) in [6, 6.07) is 1.53. The minimum atomic E-state index is -0.148. The highest BCUT2D eigenvalue weighted by molar-refractivity contribution is 8.01. The first-order valence-corrected chi connectivity index (χ1v) is 9.39. The molecule has 0 radical (unpaired) electrons. The molecule has 1 saturated heterocycles. The first kappa shape index (κ1) is 16.9. The predicted molar refractivity (Wildman–Crippen MR) is 93.2 cm³/mol. The highest BCUT2D eigenvalue weighted by Crippen LogP contribution is 2.27. The van der Waals surface area contributed by atoms with Crippen LogP contribution in [-0.2, 0) is 4.79 Å². The number of nitrogens with one attached hydrogen (secondary N) is 1. The van der Waals surface area contributed by atoms with E-state index in [1.165, 1.54) is 29.2 Å². The molecule has 0 spiro atoms. The van der Waals surface area contributed by atoms with Crippen molar-refractivity contribution in [3.63, 3.8) is 0 Å². The number of rotatable bonds is 4.